The minimum absolute atomic E-state index is 0.132. The summed E-state index contributed by atoms with van der Waals surface area (Å²) >= 11 is 0. The summed E-state index contributed by atoms with van der Waals surface area (Å²) in [4.78, 5) is 14.6. The van der Waals surface area contributed by atoms with Crippen molar-refractivity contribution in [3.05, 3.63) is 29.1 Å². The summed E-state index contributed by atoms with van der Waals surface area (Å²) in [5.74, 6) is 1.96. The van der Waals surface area contributed by atoms with Crippen molar-refractivity contribution in [1.29, 1.82) is 0 Å². The van der Waals surface area contributed by atoms with Crippen LogP contribution in [0, 0.1) is 5.92 Å². The Kier molecular flexibility index (Phi) is 4.18. The van der Waals surface area contributed by atoms with Crippen LogP contribution in [-0.4, -0.2) is 52.1 Å². The number of aromatic nitrogens is 4. The Labute approximate surface area is 157 Å². The molecule has 3 aliphatic rings. The number of hydrogen-bond acceptors (Lipinski definition) is 6. The molecule has 0 saturated carbocycles. The lowest BCUT2D eigenvalue weighted by atomic mass is 9.95. The highest BCUT2D eigenvalue weighted by Gasteiger charge is 2.29. The first kappa shape index (κ1) is 16.5. The normalized spacial score (nSPS) is 18.9. The standard InChI is InChI=1S/C19H24N6O2/c26-19(16-9-18-25(23-16)6-3-7-27-18)20-10-13-11-24(12-13)17-8-14-4-1-2-5-15(14)21-22-17/h8-9,13H,1-7,10-12H2,(H,20,26). The second-order valence-electron chi connectivity index (χ2n) is 7.66. The van der Waals surface area contributed by atoms with Gasteiger partial charge in [-0.2, -0.15) is 10.2 Å². The first-order chi connectivity index (χ1) is 13.3. The monoisotopic (exact) mass is 368 g/mol. The van der Waals surface area contributed by atoms with Crippen LogP contribution in [0.3, 0.4) is 0 Å². The van der Waals surface area contributed by atoms with E-state index < -0.39 is 0 Å². The summed E-state index contributed by atoms with van der Waals surface area (Å²) in [5, 5.41) is 16.1. The van der Waals surface area contributed by atoms with Gasteiger partial charge in [0.15, 0.2) is 11.5 Å². The fourth-order valence-corrected chi connectivity index (χ4v) is 4.02. The van der Waals surface area contributed by atoms with Gasteiger partial charge in [-0.25, -0.2) is 4.68 Å². The van der Waals surface area contributed by atoms with Gasteiger partial charge in [0.25, 0.3) is 5.91 Å². The SMILES string of the molecule is O=C(NCC1CN(c2cc3c(nn2)CCCC3)C1)c1cc2n(n1)CCCO2. The molecule has 2 aromatic heterocycles. The molecule has 8 heteroatoms. The van der Waals surface area contributed by atoms with Gasteiger partial charge < -0.3 is 15.0 Å². The van der Waals surface area contributed by atoms with E-state index in [-0.39, 0.29) is 5.91 Å². The number of anilines is 1. The molecule has 0 atom stereocenters. The topological polar surface area (TPSA) is 85.2 Å². The van der Waals surface area contributed by atoms with E-state index in [1.54, 1.807) is 10.7 Å². The van der Waals surface area contributed by atoms with E-state index in [4.69, 9.17) is 4.74 Å². The zero-order valence-corrected chi connectivity index (χ0v) is 15.4. The Morgan fingerprint density at radius 2 is 2.07 bits per heavy atom. The number of hydrogen-bond donors (Lipinski definition) is 1. The molecule has 1 N–H and O–H groups in total. The zero-order chi connectivity index (χ0) is 18.2. The molecular weight excluding hydrogens is 344 g/mol. The van der Waals surface area contributed by atoms with E-state index in [0.29, 0.717) is 30.6 Å². The van der Waals surface area contributed by atoms with Gasteiger partial charge in [-0.1, -0.05) is 0 Å². The van der Waals surface area contributed by atoms with Crippen molar-refractivity contribution < 1.29 is 9.53 Å². The molecule has 1 aliphatic carbocycles. The summed E-state index contributed by atoms with van der Waals surface area (Å²) in [6.45, 7) is 3.95. The number of ether oxygens (including phenoxy) is 1. The van der Waals surface area contributed by atoms with Gasteiger partial charge in [0.1, 0.15) is 0 Å². The Morgan fingerprint density at radius 3 is 2.96 bits per heavy atom. The molecule has 1 amide bonds. The van der Waals surface area contributed by atoms with E-state index >= 15 is 0 Å². The van der Waals surface area contributed by atoms with Crippen LogP contribution in [0.15, 0.2) is 12.1 Å². The van der Waals surface area contributed by atoms with Gasteiger partial charge in [0.05, 0.1) is 12.3 Å². The van der Waals surface area contributed by atoms with Crippen molar-refractivity contribution in [2.45, 2.75) is 38.6 Å². The summed E-state index contributed by atoms with van der Waals surface area (Å²) in [7, 11) is 0. The van der Waals surface area contributed by atoms with Gasteiger partial charge in [-0.3, -0.25) is 4.79 Å². The third kappa shape index (κ3) is 3.24. The van der Waals surface area contributed by atoms with E-state index in [1.165, 1.54) is 24.1 Å². The second kappa shape index (κ2) is 6.83. The smallest absolute Gasteiger partial charge is 0.271 e. The predicted molar refractivity (Wildman–Crippen MR) is 99.0 cm³/mol. The average Bonchev–Trinajstić information content (AvgIpc) is 3.11. The van der Waals surface area contributed by atoms with Crippen LogP contribution < -0.4 is 15.0 Å². The van der Waals surface area contributed by atoms with Crippen molar-refractivity contribution in [2.75, 3.05) is 31.1 Å². The number of nitrogens with one attached hydrogen (secondary N) is 1. The summed E-state index contributed by atoms with van der Waals surface area (Å²) in [6, 6.07) is 3.93. The molecule has 5 rings (SSSR count). The summed E-state index contributed by atoms with van der Waals surface area (Å²) in [5.41, 5.74) is 2.96. The molecule has 1 fully saturated rings. The highest BCUT2D eigenvalue weighted by Crippen LogP contribution is 2.26. The van der Waals surface area contributed by atoms with Crippen LogP contribution in [0.25, 0.3) is 0 Å². The van der Waals surface area contributed by atoms with Crippen LogP contribution >= 0.6 is 0 Å². The lowest BCUT2D eigenvalue weighted by Gasteiger charge is -2.40. The fourth-order valence-electron chi connectivity index (χ4n) is 4.02. The molecule has 1 saturated heterocycles. The molecule has 0 aromatic carbocycles. The molecule has 142 valence electrons. The molecule has 0 radical (unpaired) electrons. The Balaban J connectivity index is 1.13. The van der Waals surface area contributed by atoms with Crippen LogP contribution in [0.2, 0.25) is 0 Å². The van der Waals surface area contributed by atoms with Crippen LogP contribution in [0.5, 0.6) is 5.88 Å². The minimum Gasteiger partial charge on any atom is -0.478 e. The van der Waals surface area contributed by atoms with Crippen molar-refractivity contribution in [3.63, 3.8) is 0 Å². The molecule has 0 spiro atoms. The molecule has 0 unspecified atom stereocenters. The fraction of sp³-hybridized carbons (Fsp3) is 0.579. The molecule has 2 aliphatic heterocycles. The first-order valence-electron chi connectivity index (χ1n) is 9.85. The van der Waals surface area contributed by atoms with Gasteiger partial charge in [-0.05, 0) is 37.3 Å². The van der Waals surface area contributed by atoms with Crippen molar-refractivity contribution >= 4 is 11.7 Å². The number of amides is 1. The number of nitrogens with zero attached hydrogens (tertiary/aromatic N) is 5. The highest BCUT2D eigenvalue weighted by molar-refractivity contribution is 5.92. The number of aryl methyl sites for hydroxylation is 3. The highest BCUT2D eigenvalue weighted by atomic mass is 16.5. The molecule has 27 heavy (non-hydrogen) atoms. The maximum atomic E-state index is 12.3. The molecule has 2 aromatic rings. The van der Waals surface area contributed by atoms with Crippen molar-refractivity contribution in [1.82, 2.24) is 25.3 Å². The van der Waals surface area contributed by atoms with Crippen LogP contribution in [-0.2, 0) is 19.4 Å². The van der Waals surface area contributed by atoms with E-state index in [1.807, 2.05) is 0 Å². The van der Waals surface area contributed by atoms with Crippen molar-refractivity contribution in [2.24, 2.45) is 5.92 Å². The Morgan fingerprint density at radius 1 is 1.19 bits per heavy atom. The van der Waals surface area contributed by atoms with Crippen LogP contribution in [0.1, 0.15) is 41.0 Å². The van der Waals surface area contributed by atoms with Gasteiger partial charge >= 0.3 is 0 Å². The molecular formula is C19H24N6O2. The van der Waals surface area contributed by atoms with Gasteiger partial charge in [-0.15, -0.1) is 5.10 Å². The predicted octanol–water partition coefficient (Wildman–Crippen LogP) is 1.20. The molecule has 4 heterocycles. The number of rotatable bonds is 4. The van der Waals surface area contributed by atoms with E-state index in [9.17, 15) is 4.79 Å². The number of carbonyl (C=O) groups is 1. The Bertz CT molecular complexity index is 834. The first-order valence-corrected chi connectivity index (χ1v) is 9.85. The Hall–Kier alpha value is -2.64. The molecule has 8 nitrogen and oxygen atoms in total. The number of fused-ring (bicyclic) bond motifs is 2. The second-order valence-corrected chi connectivity index (χ2v) is 7.66. The van der Waals surface area contributed by atoms with E-state index in [2.05, 4.69) is 31.6 Å². The zero-order valence-electron chi connectivity index (χ0n) is 15.4. The third-order valence-corrected chi connectivity index (χ3v) is 5.63. The quantitative estimate of drug-likeness (QED) is 0.873. The lowest BCUT2D eigenvalue weighted by Crippen LogP contribution is -2.52. The third-order valence-electron chi connectivity index (χ3n) is 5.63. The maximum Gasteiger partial charge on any atom is 0.271 e. The van der Waals surface area contributed by atoms with E-state index in [0.717, 1.165) is 44.7 Å². The molecule has 0 bridgehead atoms. The summed E-state index contributed by atoms with van der Waals surface area (Å²) < 4.78 is 7.28. The van der Waals surface area contributed by atoms with Gasteiger partial charge in [0, 0.05) is 44.6 Å². The van der Waals surface area contributed by atoms with Crippen molar-refractivity contribution in [3.8, 4) is 5.88 Å². The number of carbonyl (C=O) groups excluding carboxylic acids is 1. The average molecular weight is 368 g/mol. The summed E-state index contributed by atoms with van der Waals surface area (Å²) in [6.07, 6.45) is 5.57. The minimum atomic E-state index is -0.132. The van der Waals surface area contributed by atoms with Crippen LogP contribution in [0.4, 0.5) is 5.82 Å². The van der Waals surface area contributed by atoms with Gasteiger partial charge in [0.2, 0.25) is 5.88 Å². The largest absolute Gasteiger partial charge is 0.478 e. The lowest BCUT2D eigenvalue weighted by molar-refractivity contribution is 0.0938. The maximum absolute atomic E-state index is 12.3.